The van der Waals surface area contributed by atoms with E-state index in [2.05, 4.69) is 23.5 Å². The maximum absolute atomic E-state index is 12.8. The molecule has 0 spiro atoms. The Morgan fingerprint density at radius 2 is 1.82 bits per heavy atom. The van der Waals surface area contributed by atoms with E-state index in [-0.39, 0.29) is 18.3 Å². The van der Waals surface area contributed by atoms with E-state index in [9.17, 15) is 9.18 Å². The topological polar surface area (TPSA) is 32.3 Å². The van der Waals surface area contributed by atoms with Crippen LogP contribution in [0.25, 0.3) is 0 Å². The van der Waals surface area contributed by atoms with Gasteiger partial charge in [-0.25, -0.2) is 4.39 Å². The highest BCUT2D eigenvalue weighted by Gasteiger charge is 2.09. The maximum Gasteiger partial charge on any atom is 0.239 e. The molecular weight excluding hydrogens is 279 g/mol. The van der Waals surface area contributed by atoms with Gasteiger partial charge in [-0.3, -0.25) is 4.79 Å². The minimum Gasteiger partial charge on any atom is -0.365 e. The second-order valence-corrected chi connectivity index (χ2v) is 5.55. The van der Waals surface area contributed by atoms with Crippen LogP contribution in [0.3, 0.4) is 0 Å². The Hall–Kier alpha value is -2.36. The summed E-state index contributed by atoms with van der Waals surface area (Å²) in [7, 11) is 1.90. The molecule has 2 rings (SSSR count). The lowest BCUT2D eigenvalue weighted by Crippen LogP contribution is -2.35. The Morgan fingerprint density at radius 1 is 1.14 bits per heavy atom. The van der Waals surface area contributed by atoms with Crippen LogP contribution in [0, 0.1) is 19.7 Å². The van der Waals surface area contributed by atoms with E-state index in [1.54, 1.807) is 12.1 Å². The van der Waals surface area contributed by atoms with Crippen molar-refractivity contribution in [2.45, 2.75) is 20.4 Å². The molecule has 3 nitrogen and oxygen atoms in total. The maximum atomic E-state index is 12.8. The van der Waals surface area contributed by atoms with E-state index in [4.69, 9.17) is 0 Å². The van der Waals surface area contributed by atoms with E-state index in [1.165, 1.54) is 17.7 Å². The van der Waals surface area contributed by atoms with Gasteiger partial charge in [0.1, 0.15) is 5.82 Å². The number of amides is 1. The van der Waals surface area contributed by atoms with Crippen molar-refractivity contribution in [3.8, 4) is 0 Å². The van der Waals surface area contributed by atoms with Gasteiger partial charge in [-0.15, -0.1) is 0 Å². The lowest BCUT2D eigenvalue weighted by Gasteiger charge is -2.21. The Balaban J connectivity index is 1.91. The van der Waals surface area contributed by atoms with Gasteiger partial charge in [-0.2, -0.15) is 0 Å². The predicted molar refractivity (Wildman–Crippen MR) is 87.4 cm³/mol. The van der Waals surface area contributed by atoms with Crippen molar-refractivity contribution in [2.75, 3.05) is 18.5 Å². The Bertz CT molecular complexity index is 653. The van der Waals surface area contributed by atoms with Gasteiger partial charge < -0.3 is 10.2 Å². The summed E-state index contributed by atoms with van der Waals surface area (Å²) in [5.41, 5.74) is 4.24. The molecule has 2 aromatic rings. The molecule has 0 aliphatic heterocycles. The number of rotatable bonds is 5. The van der Waals surface area contributed by atoms with Gasteiger partial charge in [0.15, 0.2) is 0 Å². The zero-order chi connectivity index (χ0) is 16.1. The summed E-state index contributed by atoms with van der Waals surface area (Å²) in [5, 5.41) is 2.85. The van der Waals surface area contributed by atoms with Crippen molar-refractivity contribution in [1.29, 1.82) is 0 Å². The van der Waals surface area contributed by atoms with Crippen molar-refractivity contribution in [3.63, 3.8) is 0 Å². The van der Waals surface area contributed by atoms with Crippen LogP contribution in [0.15, 0.2) is 42.5 Å². The molecule has 0 bridgehead atoms. The lowest BCUT2D eigenvalue weighted by atomic mass is 10.1. The van der Waals surface area contributed by atoms with Gasteiger partial charge >= 0.3 is 0 Å². The average Bonchev–Trinajstić information content (AvgIpc) is 2.49. The van der Waals surface area contributed by atoms with Crippen molar-refractivity contribution in [2.24, 2.45) is 0 Å². The van der Waals surface area contributed by atoms with Crippen LogP contribution in [-0.2, 0) is 11.3 Å². The van der Waals surface area contributed by atoms with E-state index in [0.717, 1.165) is 16.8 Å². The van der Waals surface area contributed by atoms with Gasteiger partial charge in [-0.1, -0.05) is 24.3 Å². The molecular formula is C18H21FN2O. The molecule has 0 saturated carbocycles. The fourth-order valence-electron chi connectivity index (χ4n) is 2.29. The average molecular weight is 300 g/mol. The number of halogens is 1. The van der Waals surface area contributed by atoms with E-state index in [1.807, 2.05) is 25.8 Å². The number of nitrogens with one attached hydrogen (secondary N) is 1. The molecule has 22 heavy (non-hydrogen) atoms. The van der Waals surface area contributed by atoms with Crippen molar-refractivity contribution < 1.29 is 9.18 Å². The number of benzene rings is 2. The molecule has 0 radical (unpaired) electrons. The molecule has 2 aromatic carbocycles. The molecule has 4 heteroatoms. The predicted octanol–water partition coefficient (Wildman–Crippen LogP) is 3.20. The van der Waals surface area contributed by atoms with Crippen molar-refractivity contribution in [3.05, 3.63) is 65.0 Å². The zero-order valence-electron chi connectivity index (χ0n) is 13.2. The number of likely N-dealkylation sites (N-methyl/N-ethyl adjacent to an activating group) is 1. The fraction of sp³-hybridized carbons (Fsp3) is 0.278. The third kappa shape index (κ3) is 4.32. The van der Waals surface area contributed by atoms with Gasteiger partial charge in [0.05, 0.1) is 6.54 Å². The fourth-order valence-corrected chi connectivity index (χ4v) is 2.29. The SMILES string of the molecule is Cc1ccc(C)c(N(C)CC(=O)NCc2ccc(F)cc2)c1. The summed E-state index contributed by atoms with van der Waals surface area (Å²) in [6.45, 7) is 4.75. The van der Waals surface area contributed by atoms with Crippen LogP contribution in [0.4, 0.5) is 10.1 Å². The number of carbonyl (C=O) groups is 1. The summed E-state index contributed by atoms with van der Waals surface area (Å²) in [6, 6.07) is 12.3. The molecule has 0 atom stereocenters. The van der Waals surface area contributed by atoms with Crippen LogP contribution < -0.4 is 10.2 Å². The van der Waals surface area contributed by atoms with Gasteiger partial charge in [0, 0.05) is 19.3 Å². The Labute approximate surface area is 130 Å². The minimum absolute atomic E-state index is 0.0623. The van der Waals surface area contributed by atoms with Crippen LogP contribution >= 0.6 is 0 Å². The molecule has 0 heterocycles. The number of hydrogen-bond donors (Lipinski definition) is 1. The van der Waals surface area contributed by atoms with Crippen LogP contribution in [-0.4, -0.2) is 19.5 Å². The van der Waals surface area contributed by atoms with Gasteiger partial charge in [-0.05, 0) is 48.7 Å². The van der Waals surface area contributed by atoms with Crippen LogP contribution in [0.5, 0.6) is 0 Å². The van der Waals surface area contributed by atoms with Gasteiger partial charge in [0.2, 0.25) is 5.91 Å². The van der Waals surface area contributed by atoms with E-state index >= 15 is 0 Å². The van der Waals surface area contributed by atoms with Crippen molar-refractivity contribution >= 4 is 11.6 Å². The molecule has 0 aliphatic rings. The largest absolute Gasteiger partial charge is 0.365 e. The standard InChI is InChI=1S/C18H21FN2O/c1-13-4-5-14(2)17(10-13)21(3)12-18(22)20-11-15-6-8-16(19)9-7-15/h4-10H,11-12H2,1-3H3,(H,20,22). The van der Waals surface area contributed by atoms with Crippen LogP contribution in [0.1, 0.15) is 16.7 Å². The summed E-state index contributed by atoms with van der Waals surface area (Å²) in [5.74, 6) is -0.336. The number of carbonyl (C=O) groups excluding carboxylic acids is 1. The quantitative estimate of drug-likeness (QED) is 0.919. The third-order valence-corrected chi connectivity index (χ3v) is 3.56. The van der Waals surface area contributed by atoms with E-state index < -0.39 is 0 Å². The first-order valence-corrected chi connectivity index (χ1v) is 7.25. The number of aryl methyl sites for hydroxylation is 2. The number of anilines is 1. The lowest BCUT2D eigenvalue weighted by molar-refractivity contribution is -0.119. The molecule has 1 N–H and O–H groups in total. The zero-order valence-corrected chi connectivity index (χ0v) is 13.2. The summed E-state index contributed by atoms with van der Waals surface area (Å²) in [4.78, 5) is 14.0. The molecule has 1 amide bonds. The monoisotopic (exact) mass is 300 g/mol. The van der Waals surface area contributed by atoms with Crippen molar-refractivity contribution in [1.82, 2.24) is 5.32 Å². The van der Waals surface area contributed by atoms with Gasteiger partial charge in [0.25, 0.3) is 0 Å². The first-order valence-electron chi connectivity index (χ1n) is 7.25. The minimum atomic E-state index is -0.273. The highest BCUT2D eigenvalue weighted by atomic mass is 19.1. The molecule has 0 unspecified atom stereocenters. The number of nitrogens with zero attached hydrogens (tertiary/aromatic N) is 1. The second-order valence-electron chi connectivity index (χ2n) is 5.55. The number of hydrogen-bond acceptors (Lipinski definition) is 2. The molecule has 0 saturated heterocycles. The summed E-state index contributed by atoms with van der Waals surface area (Å²) in [6.07, 6.45) is 0. The molecule has 0 aromatic heterocycles. The summed E-state index contributed by atoms with van der Waals surface area (Å²) >= 11 is 0. The normalized spacial score (nSPS) is 10.4. The Kier molecular flexibility index (Phi) is 5.15. The molecule has 116 valence electrons. The first-order chi connectivity index (χ1) is 10.5. The van der Waals surface area contributed by atoms with Crippen LogP contribution in [0.2, 0.25) is 0 Å². The first kappa shape index (κ1) is 16.0. The highest BCUT2D eigenvalue weighted by molar-refractivity contribution is 5.81. The molecule has 0 fully saturated rings. The molecule has 0 aliphatic carbocycles. The second kappa shape index (κ2) is 7.07. The third-order valence-electron chi connectivity index (χ3n) is 3.56. The van der Waals surface area contributed by atoms with E-state index in [0.29, 0.717) is 6.54 Å². The smallest absolute Gasteiger partial charge is 0.239 e. The Morgan fingerprint density at radius 3 is 2.50 bits per heavy atom. The highest BCUT2D eigenvalue weighted by Crippen LogP contribution is 2.19. The summed E-state index contributed by atoms with van der Waals surface area (Å²) < 4.78 is 12.8.